The molecule has 3 rings (SSSR count). The van der Waals surface area contributed by atoms with Crippen LogP contribution in [0.25, 0.3) is 0 Å². The Hall–Kier alpha value is -0.490. The summed E-state index contributed by atoms with van der Waals surface area (Å²) in [5.41, 5.74) is -2.80. The van der Waals surface area contributed by atoms with Crippen LogP contribution < -0.4 is 0 Å². The van der Waals surface area contributed by atoms with Crippen molar-refractivity contribution in [3.63, 3.8) is 0 Å². The molecular weight excluding hydrogens is 272 g/mol. The number of aliphatic hydroxyl groups is 1. The molecule has 5 heteroatoms. The van der Waals surface area contributed by atoms with Crippen LogP contribution in [0.3, 0.4) is 0 Å². The predicted molar refractivity (Wildman–Crippen MR) is 76.0 cm³/mol. The number of Topliss-reactive ketones (excluding diaryl/α,β-unsaturated/α-hetero) is 1. The number of epoxide rings is 2. The van der Waals surface area contributed by atoms with Crippen LogP contribution in [-0.4, -0.2) is 53.6 Å². The van der Waals surface area contributed by atoms with Crippen molar-refractivity contribution in [1.29, 1.82) is 0 Å². The lowest BCUT2D eigenvalue weighted by Crippen LogP contribution is -2.69. The van der Waals surface area contributed by atoms with Crippen LogP contribution >= 0.6 is 0 Å². The Balaban J connectivity index is 1.85. The van der Waals surface area contributed by atoms with Gasteiger partial charge in [0.15, 0.2) is 11.4 Å². The average Bonchev–Trinajstić information content (AvgIpc) is 3.31. The van der Waals surface area contributed by atoms with E-state index in [4.69, 9.17) is 14.2 Å². The number of rotatable bonds is 5. The van der Waals surface area contributed by atoms with Gasteiger partial charge in [0.25, 0.3) is 0 Å². The average molecular weight is 298 g/mol. The van der Waals surface area contributed by atoms with E-state index in [9.17, 15) is 9.90 Å². The zero-order chi connectivity index (χ0) is 15.5. The zero-order valence-corrected chi connectivity index (χ0v) is 13.3. The van der Waals surface area contributed by atoms with Gasteiger partial charge in [0.05, 0.1) is 12.7 Å². The largest absolute Gasteiger partial charge is 0.380 e. The molecule has 3 fully saturated rings. The van der Waals surface area contributed by atoms with Crippen molar-refractivity contribution in [3.05, 3.63) is 0 Å². The molecule has 0 unspecified atom stereocenters. The molecular formula is C16H26O5. The lowest BCUT2D eigenvalue weighted by Gasteiger charge is -2.45. The van der Waals surface area contributed by atoms with Crippen molar-refractivity contribution < 1.29 is 24.1 Å². The smallest absolute Gasteiger partial charge is 0.164 e. The summed E-state index contributed by atoms with van der Waals surface area (Å²) in [5, 5.41) is 11.4. The van der Waals surface area contributed by atoms with E-state index < -0.39 is 22.9 Å². The lowest BCUT2D eigenvalue weighted by molar-refractivity contribution is -0.193. The Morgan fingerprint density at radius 3 is 2.67 bits per heavy atom. The van der Waals surface area contributed by atoms with Gasteiger partial charge in [-0.2, -0.15) is 0 Å². The summed E-state index contributed by atoms with van der Waals surface area (Å²) in [4.78, 5) is 12.2. The summed E-state index contributed by atoms with van der Waals surface area (Å²) in [7, 11) is 1.48. The Morgan fingerprint density at radius 2 is 2.14 bits per heavy atom. The highest BCUT2D eigenvalue weighted by molar-refractivity contribution is 5.87. The van der Waals surface area contributed by atoms with Crippen molar-refractivity contribution in [1.82, 2.24) is 0 Å². The SMILES string of the molecule is CO[C@@H]1C(=O)CC[C@@]2(CO2)[C@]1(O)[C@]1(C)O[C@@H]1CCC(C)C. The number of methoxy groups -OCH3 is 1. The second kappa shape index (κ2) is 4.75. The standard InChI is InChI=1S/C16H26O5/c1-10(2)5-6-12-14(3,21-12)16(18)13(19-4)11(17)7-8-15(16)9-20-15/h10,12-13,18H,5-9H2,1-4H3/t12-,13-,14-,15-,16-/m1/s1. The van der Waals surface area contributed by atoms with Gasteiger partial charge in [-0.1, -0.05) is 13.8 Å². The van der Waals surface area contributed by atoms with Gasteiger partial charge < -0.3 is 19.3 Å². The molecule has 1 aliphatic carbocycles. The molecule has 0 bridgehead atoms. The van der Waals surface area contributed by atoms with Crippen LogP contribution in [-0.2, 0) is 19.0 Å². The van der Waals surface area contributed by atoms with Crippen LogP contribution in [0.5, 0.6) is 0 Å². The van der Waals surface area contributed by atoms with Crippen molar-refractivity contribution in [3.8, 4) is 0 Å². The normalized spacial score (nSPS) is 49.0. The minimum atomic E-state index is -1.38. The highest BCUT2D eigenvalue weighted by atomic mass is 16.7. The maximum Gasteiger partial charge on any atom is 0.164 e. The van der Waals surface area contributed by atoms with Crippen LogP contribution in [0, 0.1) is 5.92 Å². The van der Waals surface area contributed by atoms with Crippen LogP contribution in [0.1, 0.15) is 46.5 Å². The molecule has 120 valence electrons. The first-order valence-corrected chi connectivity index (χ1v) is 7.90. The topological polar surface area (TPSA) is 71.6 Å². The van der Waals surface area contributed by atoms with E-state index in [2.05, 4.69) is 13.8 Å². The van der Waals surface area contributed by atoms with E-state index in [0.717, 1.165) is 12.8 Å². The second-order valence-corrected chi connectivity index (χ2v) is 7.32. The van der Waals surface area contributed by atoms with Gasteiger partial charge in [0, 0.05) is 13.5 Å². The molecule has 3 aliphatic rings. The molecule has 1 saturated carbocycles. The molecule has 5 nitrogen and oxygen atoms in total. The van der Waals surface area contributed by atoms with Gasteiger partial charge in [-0.05, 0) is 32.1 Å². The van der Waals surface area contributed by atoms with Crippen molar-refractivity contribution in [2.75, 3.05) is 13.7 Å². The number of ether oxygens (including phenoxy) is 3. The molecule has 0 radical (unpaired) electrons. The molecule has 2 aliphatic heterocycles. The first kappa shape index (κ1) is 15.4. The molecule has 2 heterocycles. The van der Waals surface area contributed by atoms with Crippen molar-refractivity contribution in [2.24, 2.45) is 5.92 Å². The summed E-state index contributed by atoms with van der Waals surface area (Å²) in [6.07, 6.45) is 1.98. The number of hydrogen-bond acceptors (Lipinski definition) is 5. The second-order valence-electron chi connectivity index (χ2n) is 7.32. The van der Waals surface area contributed by atoms with Gasteiger partial charge in [-0.15, -0.1) is 0 Å². The molecule has 2 saturated heterocycles. The van der Waals surface area contributed by atoms with Gasteiger partial charge in [-0.3, -0.25) is 4.79 Å². The van der Waals surface area contributed by atoms with Crippen molar-refractivity contribution >= 4 is 5.78 Å². The molecule has 5 atom stereocenters. The quantitative estimate of drug-likeness (QED) is 0.778. The van der Waals surface area contributed by atoms with E-state index >= 15 is 0 Å². The zero-order valence-electron chi connectivity index (χ0n) is 13.3. The summed E-state index contributed by atoms with van der Waals surface area (Å²) >= 11 is 0. The fraction of sp³-hybridized carbons (Fsp3) is 0.938. The Kier molecular flexibility index (Phi) is 3.49. The fourth-order valence-electron chi connectivity index (χ4n) is 4.00. The molecule has 0 aromatic heterocycles. The highest BCUT2D eigenvalue weighted by Crippen LogP contribution is 2.61. The molecule has 1 N–H and O–H groups in total. The first-order valence-electron chi connectivity index (χ1n) is 7.90. The minimum Gasteiger partial charge on any atom is -0.380 e. The minimum absolute atomic E-state index is 0.0328. The summed E-state index contributed by atoms with van der Waals surface area (Å²) in [6, 6.07) is 0. The number of carbonyl (C=O) groups is 1. The predicted octanol–water partition coefficient (Wildman–Crippen LogP) is 1.46. The number of carbonyl (C=O) groups excluding carboxylic acids is 1. The third kappa shape index (κ3) is 2.01. The summed E-state index contributed by atoms with van der Waals surface area (Å²) in [5.74, 6) is 0.533. The fourth-order valence-corrected chi connectivity index (χ4v) is 4.00. The van der Waals surface area contributed by atoms with Crippen LogP contribution in [0.4, 0.5) is 0 Å². The Bertz CT molecular complexity index is 444. The van der Waals surface area contributed by atoms with Crippen LogP contribution in [0.15, 0.2) is 0 Å². The third-order valence-corrected chi connectivity index (χ3v) is 5.58. The van der Waals surface area contributed by atoms with E-state index in [0.29, 0.717) is 25.4 Å². The Morgan fingerprint density at radius 1 is 1.48 bits per heavy atom. The molecule has 1 spiro atoms. The highest BCUT2D eigenvalue weighted by Gasteiger charge is 2.81. The van der Waals surface area contributed by atoms with Gasteiger partial charge in [-0.25, -0.2) is 0 Å². The maximum absolute atomic E-state index is 12.2. The van der Waals surface area contributed by atoms with Gasteiger partial charge in [0.1, 0.15) is 17.3 Å². The van der Waals surface area contributed by atoms with Crippen LogP contribution in [0.2, 0.25) is 0 Å². The maximum atomic E-state index is 12.2. The first-order chi connectivity index (χ1) is 9.81. The molecule has 0 aromatic rings. The summed E-state index contributed by atoms with van der Waals surface area (Å²) in [6.45, 7) is 6.71. The van der Waals surface area contributed by atoms with Crippen molar-refractivity contribution in [2.45, 2.75) is 75.5 Å². The third-order valence-electron chi connectivity index (χ3n) is 5.58. The van der Waals surface area contributed by atoms with E-state index in [-0.39, 0.29) is 11.9 Å². The van der Waals surface area contributed by atoms with E-state index in [1.54, 1.807) is 0 Å². The number of ketones is 1. The lowest BCUT2D eigenvalue weighted by atomic mass is 9.64. The Labute approximate surface area is 125 Å². The summed E-state index contributed by atoms with van der Waals surface area (Å²) < 4.78 is 16.9. The molecule has 21 heavy (non-hydrogen) atoms. The van der Waals surface area contributed by atoms with Gasteiger partial charge >= 0.3 is 0 Å². The van der Waals surface area contributed by atoms with Gasteiger partial charge in [0.2, 0.25) is 0 Å². The van der Waals surface area contributed by atoms with E-state index in [1.165, 1.54) is 7.11 Å². The number of hydrogen-bond donors (Lipinski definition) is 1. The monoisotopic (exact) mass is 298 g/mol. The van der Waals surface area contributed by atoms with E-state index in [1.807, 2.05) is 6.92 Å². The molecule has 0 aromatic carbocycles. The molecule has 0 amide bonds.